The van der Waals surface area contributed by atoms with Crippen molar-refractivity contribution in [2.75, 3.05) is 18.9 Å². The molecule has 0 fully saturated rings. The smallest absolute Gasteiger partial charge is 0.224 e. The second-order valence-electron chi connectivity index (χ2n) is 5.54. The number of aryl methyl sites for hydroxylation is 1. The van der Waals surface area contributed by atoms with Crippen molar-refractivity contribution in [3.63, 3.8) is 0 Å². The molecule has 0 spiro atoms. The van der Waals surface area contributed by atoms with Crippen LogP contribution >= 0.6 is 22.9 Å². The van der Waals surface area contributed by atoms with Crippen LogP contribution in [0.25, 0.3) is 0 Å². The van der Waals surface area contributed by atoms with Crippen LogP contribution in [0.2, 0.25) is 5.02 Å². The van der Waals surface area contributed by atoms with Crippen LogP contribution in [-0.2, 0) is 11.3 Å². The monoisotopic (exact) mass is 378 g/mol. The second kappa shape index (κ2) is 10.1. The van der Waals surface area contributed by atoms with Crippen LogP contribution < -0.4 is 16.0 Å². The SMILES string of the molecule is CN=C(NCCCC(=O)Nc1ccc(Cl)cc1)NCc1sccc1C. The first-order valence-electron chi connectivity index (χ1n) is 8.11. The van der Waals surface area contributed by atoms with E-state index in [9.17, 15) is 4.79 Å². The minimum atomic E-state index is -0.0127. The van der Waals surface area contributed by atoms with Crippen LogP contribution in [0.4, 0.5) is 5.69 Å². The van der Waals surface area contributed by atoms with Gasteiger partial charge in [-0.05, 0) is 54.6 Å². The number of halogens is 1. The highest BCUT2D eigenvalue weighted by Crippen LogP contribution is 2.15. The fourth-order valence-corrected chi connectivity index (χ4v) is 3.15. The number of nitrogens with one attached hydrogen (secondary N) is 3. The van der Waals surface area contributed by atoms with Crippen molar-refractivity contribution in [1.82, 2.24) is 10.6 Å². The van der Waals surface area contributed by atoms with Crippen molar-refractivity contribution in [2.24, 2.45) is 4.99 Å². The first-order chi connectivity index (χ1) is 12.1. The third-order valence-corrected chi connectivity index (χ3v) is 4.88. The summed E-state index contributed by atoms with van der Waals surface area (Å²) in [4.78, 5) is 17.4. The molecule has 134 valence electrons. The van der Waals surface area contributed by atoms with E-state index in [-0.39, 0.29) is 5.91 Å². The van der Waals surface area contributed by atoms with E-state index in [0.717, 1.165) is 24.6 Å². The number of benzene rings is 1. The van der Waals surface area contributed by atoms with E-state index in [1.807, 2.05) is 0 Å². The van der Waals surface area contributed by atoms with Gasteiger partial charge in [-0.15, -0.1) is 11.3 Å². The quantitative estimate of drug-likeness (QED) is 0.390. The van der Waals surface area contributed by atoms with Gasteiger partial charge >= 0.3 is 0 Å². The van der Waals surface area contributed by atoms with Crippen LogP contribution in [0.15, 0.2) is 40.7 Å². The summed E-state index contributed by atoms with van der Waals surface area (Å²) in [6.45, 7) is 3.53. The Kier molecular flexibility index (Phi) is 7.76. The minimum Gasteiger partial charge on any atom is -0.356 e. The van der Waals surface area contributed by atoms with Crippen LogP contribution in [-0.4, -0.2) is 25.5 Å². The van der Waals surface area contributed by atoms with Gasteiger partial charge in [-0.25, -0.2) is 0 Å². The van der Waals surface area contributed by atoms with Crippen LogP contribution in [0.5, 0.6) is 0 Å². The molecule has 1 heterocycles. The Hall–Kier alpha value is -2.05. The minimum absolute atomic E-state index is 0.0127. The van der Waals surface area contributed by atoms with E-state index in [1.165, 1.54) is 10.4 Å². The summed E-state index contributed by atoms with van der Waals surface area (Å²) < 4.78 is 0. The van der Waals surface area contributed by atoms with E-state index in [2.05, 4.69) is 39.3 Å². The van der Waals surface area contributed by atoms with Gasteiger partial charge in [-0.1, -0.05) is 11.6 Å². The molecule has 1 aromatic carbocycles. The van der Waals surface area contributed by atoms with Crippen LogP contribution in [0.3, 0.4) is 0 Å². The lowest BCUT2D eigenvalue weighted by Crippen LogP contribution is -2.37. The highest BCUT2D eigenvalue weighted by atomic mass is 35.5. The van der Waals surface area contributed by atoms with Gasteiger partial charge in [0.25, 0.3) is 0 Å². The number of thiophene rings is 1. The number of carbonyl (C=O) groups is 1. The summed E-state index contributed by atoms with van der Waals surface area (Å²) in [7, 11) is 1.74. The fourth-order valence-electron chi connectivity index (χ4n) is 2.18. The molecule has 0 bridgehead atoms. The second-order valence-corrected chi connectivity index (χ2v) is 6.98. The molecular weight excluding hydrogens is 356 g/mol. The topological polar surface area (TPSA) is 65.5 Å². The summed E-state index contributed by atoms with van der Waals surface area (Å²) in [5.41, 5.74) is 2.04. The van der Waals surface area contributed by atoms with Gasteiger partial charge in [0.05, 0.1) is 6.54 Å². The van der Waals surface area contributed by atoms with Gasteiger partial charge in [0.15, 0.2) is 5.96 Å². The molecule has 0 radical (unpaired) electrons. The van der Waals surface area contributed by atoms with Gasteiger partial charge in [0.2, 0.25) is 5.91 Å². The number of hydrogen-bond donors (Lipinski definition) is 3. The summed E-state index contributed by atoms with van der Waals surface area (Å²) in [5, 5.41) is 12.1. The maximum Gasteiger partial charge on any atom is 0.224 e. The molecule has 0 saturated heterocycles. The number of aliphatic imine (C=N–C) groups is 1. The van der Waals surface area contributed by atoms with E-state index in [4.69, 9.17) is 11.6 Å². The van der Waals surface area contributed by atoms with Crippen molar-refractivity contribution in [1.29, 1.82) is 0 Å². The number of amides is 1. The molecule has 0 unspecified atom stereocenters. The molecule has 0 aliphatic rings. The molecule has 7 heteroatoms. The average molecular weight is 379 g/mol. The zero-order valence-corrected chi connectivity index (χ0v) is 16.0. The number of carbonyl (C=O) groups excluding carboxylic acids is 1. The van der Waals surface area contributed by atoms with Gasteiger partial charge in [0.1, 0.15) is 0 Å². The molecule has 2 aromatic rings. The van der Waals surface area contributed by atoms with Gasteiger partial charge in [-0.2, -0.15) is 0 Å². The zero-order valence-electron chi connectivity index (χ0n) is 14.4. The largest absolute Gasteiger partial charge is 0.356 e. The van der Waals surface area contributed by atoms with Crippen molar-refractivity contribution >= 4 is 40.5 Å². The first kappa shape index (κ1) is 19.3. The van der Waals surface area contributed by atoms with E-state index in [0.29, 0.717) is 18.0 Å². The maximum atomic E-state index is 11.9. The molecule has 0 atom stereocenters. The van der Waals surface area contributed by atoms with E-state index in [1.54, 1.807) is 42.6 Å². The number of rotatable bonds is 7. The molecule has 1 aromatic heterocycles. The lowest BCUT2D eigenvalue weighted by Gasteiger charge is -2.11. The molecular formula is C18H23ClN4OS. The number of nitrogens with zero attached hydrogens (tertiary/aromatic N) is 1. The molecule has 0 aliphatic heterocycles. The molecule has 25 heavy (non-hydrogen) atoms. The molecule has 0 aliphatic carbocycles. The molecule has 2 rings (SSSR count). The lowest BCUT2D eigenvalue weighted by atomic mass is 10.2. The third kappa shape index (κ3) is 6.76. The average Bonchev–Trinajstić information content (AvgIpc) is 3.01. The highest BCUT2D eigenvalue weighted by Gasteiger charge is 2.04. The normalized spacial score (nSPS) is 11.2. The zero-order chi connectivity index (χ0) is 18.1. The van der Waals surface area contributed by atoms with Crippen molar-refractivity contribution in [3.05, 3.63) is 51.2 Å². The third-order valence-electron chi connectivity index (χ3n) is 3.61. The number of guanidine groups is 1. The summed E-state index contributed by atoms with van der Waals surface area (Å²) in [6.07, 6.45) is 1.16. The predicted octanol–water partition coefficient (Wildman–Crippen LogP) is 3.79. The Morgan fingerprint density at radius 1 is 1.20 bits per heavy atom. The first-order valence-corrected chi connectivity index (χ1v) is 9.37. The fraction of sp³-hybridized carbons (Fsp3) is 0.333. The van der Waals surface area contributed by atoms with Gasteiger partial charge in [-0.3, -0.25) is 9.79 Å². The number of anilines is 1. The Bertz CT molecular complexity index is 712. The Balaban J connectivity index is 1.64. The predicted molar refractivity (Wildman–Crippen MR) is 107 cm³/mol. The van der Waals surface area contributed by atoms with Crippen molar-refractivity contribution in [2.45, 2.75) is 26.3 Å². The van der Waals surface area contributed by atoms with Gasteiger partial charge in [0, 0.05) is 35.6 Å². The van der Waals surface area contributed by atoms with Crippen LogP contribution in [0, 0.1) is 6.92 Å². The van der Waals surface area contributed by atoms with Crippen LogP contribution in [0.1, 0.15) is 23.3 Å². The van der Waals surface area contributed by atoms with E-state index >= 15 is 0 Å². The van der Waals surface area contributed by atoms with E-state index < -0.39 is 0 Å². The number of hydrogen-bond acceptors (Lipinski definition) is 3. The maximum absolute atomic E-state index is 11.9. The Morgan fingerprint density at radius 2 is 1.96 bits per heavy atom. The highest BCUT2D eigenvalue weighted by molar-refractivity contribution is 7.10. The molecule has 3 N–H and O–H groups in total. The molecule has 0 saturated carbocycles. The summed E-state index contributed by atoms with van der Waals surface area (Å²) >= 11 is 7.55. The Labute approximate surface area is 157 Å². The summed E-state index contributed by atoms with van der Waals surface area (Å²) in [6, 6.07) is 9.19. The summed E-state index contributed by atoms with van der Waals surface area (Å²) in [5.74, 6) is 0.729. The van der Waals surface area contributed by atoms with Gasteiger partial charge < -0.3 is 16.0 Å². The lowest BCUT2D eigenvalue weighted by molar-refractivity contribution is -0.116. The van der Waals surface area contributed by atoms with Crippen molar-refractivity contribution < 1.29 is 4.79 Å². The standard InChI is InChI=1S/C18H23ClN4OS/c1-13-9-11-25-16(13)12-22-18(20-2)21-10-3-4-17(24)23-15-7-5-14(19)6-8-15/h5-9,11H,3-4,10,12H2,1-2H3,(H,23,24)(H2,20,21,22). The molecule has 1 amide bonds. The molecule has 5 nitrogen and oxygen atoms in total. The Morgan fingerprint density at radius 3 is 2.60 bits per heavy atom. The van der Waals surface area contributed by atoms with Crippen molar-refractivity contribution in [3.8, 4) is 0 Å².